The van der Waals surface area contributed by atoms with E-state index in [1.165, 1.54) is 0 Å². The molecule has 0 fully saturated rings. The van der Waals surface area contributed by atoms with Crippen molar-refractivity contribution in [3.8, 4) is 0 Å². The number of H-pyrrole nitrogens is 1. The Kier molecular flexibility index (Phi) is 1.70. The smallest absolute Gasteiger partial charge is 0.157 e. The van der Waals surface area contributed by atoms with Crippen LogP contribution in [-0.4, -0.2) is 19.6 Å². The molecule has 0 aromatic carbocycles. The summed E-state index contributed by atoms with van der Waals surface area (Å²) in [5, 5.41) is 5.22. The first-order valence-electron chi connectivity index (χ1n) is 3.71. The lowest BCUT2D eigenvalue weighted by atomic mass is 10.4. The fourth-order valence-electron chi connectivity index (χ4n) is 1.36. The summed E-state index contributed by atoms with van der Waals surface area (Å²) < 4.78 is 1.79. The first-order valence-corrected chi connectivity index (χ1v) is 3.71. The van der Waals surface area contributed by atoms with Gasteiger partial charge in [-0.3, -0.25) is 0 Å². The number of nitrogens with zero attached hydrogens (tertiary/aromatic N) is 3. The summed E-state index contributed by atoms with van der Waals surface area (Å²) in [7, 11) is 0. The maximum Gasteiger partial charge on any atom is 0.157 e. The van der Waals surface area contributed by atoms with Gasteiger partial charge in [0.25, 0.3) is 0 Å². The topological polar surface area (TPSA) is 46.0 Å². The molecule has 0 saturated carbocycles. The van der Waals surface area contributed by atoms with E-state index >= 15 is 0 Å². The monoisotopic (exact) mass is 194 g/mol. The second-order valence-electron chi connectivity index (χ2n) is 2.64. The first-order chi connectivity index (χ1) is 5.95. The quantitative estimate of drug-likeness (QED) is 0.591. The molecule has 0 amide bonds. The normalized spacial score (nSPS) is 10.5. The van der Waals surface area contributed by atoms with Gasteiger partial charge in [0.05, 0.1) is 6.20 Å². The van der Waals surface area contributed by atoms with Crippen LogP contribution in [0.5, 0.6) is 0 Å². The Morgan fingerprint density at radius 2 is 2.23 bits per heavy atom. The number of fused-ring (bicyclic) bond motifs is 3. The summed E-state index contributed by atoms with van der Waals surface area (Å²) in [4.78, 5) is 7.33. The van der Waals surface area contributed by atoms with Gasteiger partial charge < -0.3 is 4.98 Å². The molecule has 0 aliphatic carbocycles. The zero-order valence-electron chi connectivity index (χ0n) is 6.64. The van der Waals surface area contributed by atoms with Crippen LogP contribution in [0.15, 0.2) is 30.7 Å². The van der Waals surface area contributed by atoms with Crippen LogP contribution in [-0.2, 0) is 0 Å². The lowest BCUT2D eigenvalue weighted by Crippen LogP contribution is -1.90. The number of aromatic amines is 1. The molecule has 5 heteroatoms. The minimum Gasteiger partial charge on any atom is -0.346 e. The Labute approximate surface area is 80.0 Å². The number of halogens is 1. The van der Waals surface area contributed by atoms with Crippen molar-refractivity contribution < 1.29 is 0 Å². The molecule has 0 saturated heterocycles. The summed E-state index contributed by atoms with van der Waals surface area (Å²) in [6.45, 7) is 0. The molecule has 3 aromatic heterocycles. The van der Waals surface area contributed by atoms with Crippen LogP contribution >= 0.6 is 12.4 Å². The molecule has 0 unspecified atom stereocenters. The van der Waals surface area contributed by atoms with E-state index in [9.17, 15) is 0 Å². The highest BCUT2D eigenvalue weighted by Crippen LogP contribution is 2.11. The van der Waals surface area contributed by atoms with Crippen LogP contribution in [0.25, 0.3) is 16.7 Å². The van der Waals surface area contributed by atoms with E-state index in [0.717, 1.165) is 16.7 Å². The van der Waals surface area contributed by atoms with E-state index in [1.807, 2.05) is 24.5 Å². The third-order valence-electron chi connectivity index (χ3n) is 1.93. The third-order valence-corrected chi connectivity index (χ3v) is 1.93. The molecule has 0 aliphatic rings. The van der Waals surface area contributed by atoms with Gasteiger partial charge >= 0.3 is 0 Å². The van der Waals surface area contributed by atoms with Gasteiger partial charge in [-0.15, -0.1) is 12.4 Å². The predicted octanol–water partition coefficient (Wildman–Crippen LogP) is 1.63. The Hall–Kier alpha value is -1.55. The largest absolute Gasteiger partial charge is 0.346 e. The number of aromatic nitrogens is 4. The molecule has 3 rings (SSSR count). The van der Waals surface area contributed by atoms with Gasteiger partial charge in [-0.25, -0.2) is 4.98 Å². The van der Waals surface area contributed by atoms with Crippen LogP contribution in [0, 0.1) is 0 Å². The second-order valence-corrected chi connectivity index (χ2v) is 2.64. The van der Waals surface area contributed by atoms with Gasteiger partial charge in [-0.05, 0) is 6.07 Å². The molecular weight excluding hydrogens is 188 g/mol. The summed E-state index contributed by atoms with van der Waals surface area (Å²) >= 11 is 0. The molecular formula is C8H7ClN4. The average Bonchev–Trinajstić information content (AvgIpc) is 2.71. The van der Waals surface area contributed by atoms with Crippen LogP contribution < -0.4 is 0 Å². The van der Waals surface area contributed by atoms with E-state index in [0.29, 0.717) is 0 Å². The van der Waals surface area contributed by atoms with E-state index < -0.39 is 0 Å². The lowest BCUT2D eigenvalue weighted by molar-refractivity contribution is 0.969. The van der Waals surface area contributed by atoms with E-state index in [4.69, 9.17) is 0 Å². The molecule has 66 valence electrons. The fourth-order valence-corrected chi connectivity index (χ4v) is 1.36. The molecule has 0 bridgehead atoms. The van der Waals surface area contributed by atoms with Crippen LogP contribution in [0.4, 0.5) is 0 Å². The third kappa shape index (κ3) is 0.990. The number of hydrogen-bond acceptors (Lipinski definition) is 2. The van der Waals surface area contributed by atoms with Crippen molar-refractivity contribution in [2.24, 2.45) is 0 Å². The average molecular weight is 195 g/mol. The minimum atomic E-state index is 0. The van der Waals surface area contributed by atoms with Crippen molar-refractivity contribution in [2.75, 3.05) is 0 Å². The first kappa shape index (κ1) is 8.07. The van der Waals surface area contributed by atoms with Crippen LogP contribution in [0.1, 0.15) is 0 Å². The van der Waals surface area contributed by atoms with E-state index in [1.54, 1.807) is 10.7 Å². The Bertz CT molecular complexity index is 489. The number of nitrogens with one attached hydrogen (secondary N) is 1. The van der Waals surface area contributed by atoms with Gasteiger partial charge in [-0.2, -0.15) is 9.61 Å². The summed E-state index contributed by atoms with van der Waals surface area (Å²) in [5.74, 6) is 0. The van der Waals surface area contributed by atoms with Gasteiger partial charge in [0.2, 0.25) is 0 Å². The Balaban J connectivity index is 0.000000653. The molecule has 3 aromatic rings. The lowest BCUT2D eigenvalue weighted by Gasteiger charge is -1.93. The standard InChI is InChI=1S/C8H6N4.ClH/c1-3-9-8-6(1)5-10-7-2-4-11-12(7)8;/h1-5,9H;1H. The maximum atomic E-state index is 4.22. The highest BCUT2D eigenvalue weighted by atomic mass is 35.5. The number of hydrogen-bond donors (Lipinski definition) is 1. The van der Waals surface area contributed by atoms with Crippen molar-refractivity contribution in [1.82, 2.24) is 19.6 Å². The maximum absolute atomic E-state index is 4.22. The highest BCUT2D eigenvalue weighted by Gasteiger charge is 2.00. The van der Waals surface area contributed by atoms with Gasteiger partial charge in [0.1, 0.15) is 5.65 Å². The van der Waals surface area contributed by atoms with Crippen molar-refractivity contribution in [3.63, 3.8) is 0 Å². The summed E-state index contributed by atoms with van der Waals surface area (Å²) in [6.07, 6.45) is 5.46. The molecule has 0 atom stereocenters. The Morgan fingerprint density at radius 3 is 3.15 bits per heavy atom. The van der Waals surface area contributed by atoms with Crippen LogP contribution in [0.2, 0.25) is 0 Å². The number of rotatable bonds is 0. The fraction of sp³-hybridized carbons (Fsp3) is 0. The minimum absolute atomic E-state index is 0. The summed E-state index contributed by atoms with van der Waals surface area (Å²) in [6, 6.07) is 3.85. The second kappa shape index (κ2) is 2.74. The van der Waals surface area contributed by atoms with Crippen molar-refractivity contribution >= 4 is 29.1 Å². The van der Waals surface area contributed by atoms with Gasteiger partial charge in [0, 0.05) is 23.8 Å². The van der Waals surface area contributed by atoms with Gasteiger partial charge in [0.15, 0.2) is 5.65 Å². The SMILES string of the molecule is Cl.c1cc2ncc3cc[nH]c3n2n1. The molecule has 0 spiro atoms. The van der Waals surface area contributed by atoms with E-state index in [2.05, 4.69) is 15.1 Å². The van der Waals surface area contributed by atoms with Crippen molar-refractivity contribution in [3.05, 3.63) is 30.7 Å². The molecule has 0 aliphatic heterocycles. The van der Waals surface area contributed by atoms with Crippen molar-refractivity contribution in [2.45, 2.75) is 0 Å². The predicted molar refractivity (Wildman–Crippen MR) is 52.1 cm³/mol. The van der Waals surface area contributed by atoms with Gasteiger partial charge in [-0.1, -0.05) is 0 Å². The summed E-state index contributed by atoms with van der Waals surface area (Å²) in [5.41, 5.74) is 1.86. The molecule has 3 heterocycles. The zero-order valence-corrected chi connectivity index (χ0v) is 7.45. The van der Waals surface area contributed by atoms with Crippen molar-refractivity contribution in [1.29, 1.82) is 0 Å². The highest BCUT2D eigenvalue weighted by molar-refractivity contribution is 5.85. The zero-order chi connectivity index (χ0) is 7.97. The van der Waals surface area contributed by atoms with Crippen LogP contribution in [0.3, 0.4) is 0 Å². The molecule has 0 radical (unpaired) electrons. The molecule has 1 N–H and O–H groups in total. The molecule has 13 heavy (non-hydrogen) atoms. The molecule has 4 nitrogen and oxygen atoms in total. The Morgan fingerprint density at radius 1 is 1.31 bits per heavy atom. The van der Waals surface area contributed by atoms with E-state index in [-0.39, 0.29) is 12.4 Å².